The maximum atomic E-state index is 11.8. The van der Waals surface area contributed by atoms with Crippen LogP contribution < -0.4 is 4.74 Å². The van der Waals surface area contributed by atoms with E-state index in [0.717, 1.165) is 16.7 Å². The highest BCUT2D eigenvalue weighted by molar-refractivity contribution is 5.86. The zero-order valence-corrected chi connectivity index (χ0v) is 19.6. The molecule has 0 bridgehead atoms. The van der Waals surface area contributed by atoms with Crippen molar-refractivity contribution in [1.29, 1.82) is 0 Å². The standard InChI is InChI=1S/C28H36O5/c1-20(2)28(31)32-15-14-26-16-25(12-13-27(26)33-19-21(17-29)18-30)24-10-8-23(9-11-24)22-6-4-3-5-7-22/h8-13,16,21-22,29-30H,1,3-7,14-15,17-19H2,2H3. The maximum absolute atomic E-state index is 11.8. The van der Waals surface area contributed by atoms with E-state index in [9.17, 15) is 15.0 Å². The Labute approximate surface area is 197 Å². The zero-order valence-electron chi connectivity index (χ0n) is 19.6. The van der Waals surface area contributed by atoms with Crippen molar-refractivity contribution in [3.8, 4) is 16.9 Å². The van der Waals surface area contributed by atoms with Gasteiger partial charge in [-0.05, 0) is 60.1 Å². The molecule has 3 rings (SSSR count). The van der Waals surface area contributed by atoms with Crippen LogP contribution in [0, 0.1) is 5.92 Å². The maximum Gasteiger partial charge on any atom is 0.333 e. The van der Waals surface area contributed by atoms with E-state index in [1.54, 1.807) is 6.92 Å². The number of rotatable bonds is 11. The minimum Gasteiger partial charge on any atom is -0.493 e. The topological polar surface area (TPSA) is 76.0 Å². The predicted octanol–water partition coefficient (Wildman–Crippen LogP) is 5.04. The lowest BCUT2D eigenvalue weighted by Gasteiger charge is -2.22. The van der Waals surface area contributed by atoms with E-state index in [1.165, 1.54) is 37.7 Å². The number of hydrogen-bond donors (Lipinski definition) is 2. The van der Waals surface area contributed by atoms with E-state index in [-0.39, 0.29) is 32.3 Å². The summed E-state index contributed by atoms with van der Waals surface area (Å²) < 4.78 is 11.2. The van der Waals surface area contributed by atoms with Gasteiger partial charge in [0.2, 0.25) is 0 Å². The lowest BCUT2D eigenvalue weighted by Crippen LogP contribution is -2.20. The molecule has 5 nitrogen and oxygen atoms in total. The van der Waals surface area contributed by atoms with Gasteiger partial charge in [0, 0.05) is 17.9 Å². The van der Waals surface area contributed by atoms with Crippen LogP contribution >= 0.6 is 0 Å². The second-order valence-corrected chi connectivity index (χ2v) is 8.99. The number of carbonyl (C=O) groups is 1. The van der Waals surface area contributed by atoms with E-state index in [1.807, 2.05) is 12.1 Å². The van der Waals surface area contributed by atoms with Crippen LogP contribution in [0.25, 0.3) is 11.1 Å². The van der Waals surface area contributed by atoms with Gasteiger partial charge in [0.05, 0.1) is 26.4 Å². The Balaban J connectivity index is 1.76. The van der Waals surface area contributed by atoms with E-state index < -0.39 is 5.97 Å². The Morgan fingerprint density at radius 3 is 2.33 bits per heavy atom. The molecular formula is C28H36O5. The van der Waals surface area contributed by atoms with Crippen molar-refractivity contribution in [3.05, 3.63) is 65.7 Å². The zero-order chi connectivity index (χ0) is 23.6. The third-order valence-electron chi connectivity index (χ3n) is 6.33. The first-order valence-corrected chi connectivity index (χ1v) is 11.9. The highest BCUT2D eigenvalue weighted by Crippen LogP contribution is 2.34. The molecule has 5 heteroatoms. The Kier molecular flexibility index (Phi) is 9.52. The average Bonchev–Trinajstić information content (AvgIpc) is 2.85. The molecule has 1 saturated carbocycles. The summed E-state index contributed by atoms with van der Waals surface area (Å²) in [4.78, 5) is 11.8. The molecule has 1 aliphatic carbocycles. The normalized spacial score (nSPS) is 14.3. The van der Waals surface area contributed by atoms with Gasteiger partial charge in [0.1, 0.15) is 5.75 Å². The molecule has 2 N–H and O–H groups in total. The van der Waals surface area contributed by atoms with Crippen molar-refractivity contribution >= 4 is 5.97 Å². The number of aliphatic hydroxyl groups excluding tert-OH is 2. The van der Waals surface area contributed by atoms with Gasteiger partial charge in [0.25, 0.3) is 0 Å². The third kappa shape index (κ3) is 7.18. The van der Waals surface area contributed by atoms with Crippen molar-refractivity contribution < 1.29 is 24.5 Å². The summed E-state index contributed by atoms with van der Waals surface area (Å²) >= 11 is 0. The van der Waals surface area contributed by atoms with Crippen LogP contribution in [-0.2, 0) is 16.0 Å². The van der Waals surface area contributed by atoms with Crippen molar-refractivity contribution in [3.63, 3.8) is 0 Å². The first kappa shape index (κ1) is 25.0. The smallest absolute Gasteiger partial charge is 0.333 e. The molecular weight excluding hydrogens is 416 g/mol. The van der Waals surface area contributed by atoms with Gasteiger partial charge in [-0.15, -0.1) is 0 Å². The van der Waals surface area contributed by atoms with Gasteiger partial charge in [-0.3, -0.25) is 0 Å². The molecule has 0 spiro atoms. The summed E-state index contributed by atoms with van der Waals surface area (Å²) in [6.45, 7) is 5.37. The second-order valence-electron chi connectivity index (χ2n) is 8.99. The Morgan fingerprint density at radius 2 is 1.70 bits per heavy atom. The number of ether oxygens (including phenoxy) is 2. The predicted molar refractivity (Wildman–Crippen MR) is 130 cm³/mol. The van der Waals surface area contributed by atoms with Crippen molar-refractivity contribution in [2.75, 3.05) is 26.4 Å². The van der Waals surface area contributed by atoms with E-state index in [0.29, 0.717) is 23.7 Å². The fraction of sp³-hybridized carbons (Fsp3) is 0.464. The molecule has 0 aliphatic heterocycles. The van der Waals surface area contributed by atoms with Gasteiger partial charge in [-0.2, -0.15) is 0 Å². The largest absolute Gasteiger partial charge is 0.493 e. The highest BCUT2D eigenvalue weighted by Gasteiger charge is 2.16. The number of benzene rings is 2. The second kappa shape index (κ2) is 12.6. The molecule has 0 unspecified atom stereocenters. The molecule has 2 aromatic rings. The van der Waals surface area contributed by atoms with Crippen LogP contribution in [0.4, 0.5) is 0 Å². The quantitative estimate of drug-likeness (QED) is 0.369. The average molecular weight is 453 g/mol. The lowest BCUT2D eigenvalue weighted by molar-refractivity contribution is -0.138. The van der Waals surface area contributed by atoms with Crippen LogP contribution in [0.15, 0.2) is 54.6 Å². The Bertz CT molecular complexity index is 908. The first-order valence-electron chi connectivity index (χ1n) is 11.9. The minimum absolute atomic E-state index is 0.145. The summed E-state index contributed by atoms with van der Waals surface area (Å²) in [5.41, 5.74) is 4.90. The van der Waals surface area contributed by atoms with Crippen LogP contribution in [-0.4, -0.2) is 42.6 Å². The number of esters is 1. The van der Waals surface area contributed by atoms with Crippen molar-refractivity contribution in [2.24, 2.45) is 5.92 Å². The van der Waals surface area contributed by atoms with Gasteiger partial charge in [0.15, 0.2) is 0 Å². The number of hydrogen-bond acceptors (Lipinski definition) is 5. The molecule has 178 valence electrons. The molecule has 33 heavy (non-hydrogen) atoms. The molecule has 0 amide bonds. The fourth-order valence-electron chi connectivity index (χ4n) is 4.23. The monoisotopic (exact) mass is 452 g/mol. The first-order chi connectivity index (χ1) is 16.0. The highest BCUT2D eigenvalue weighted by atomic mass is 16.5. The Hall–Kier alpha value is -2.63. The molecule has 0 radical (unpaired) electrons. The van der Waals surface area contributed by atoms with Crippen LogP contribution in [0.5, 0.6) is 5.75 Å². The van der Waals surface area contributed by atoms with Gasteiger partial charge in [-0.25, -0.2) is 4.79 Å². The summed E-state index contributed by atoms with van der Waals surface area (Å²) in [6.07, 6.45) is 7.04. The molecule has 1 aliphatic rings. The molecule has 0 aromatic heterocycles. The van der Waals surface area contributed by atoms with Gasteiger partial charge < -0.3 is 19.7 Å². The minimum atomic E-state index is -0.410. The SMILES string of the molecule is C=C(C)C(=O)OCCc1cc(-c2ccc(C3CCCCC3)cc2)ccc1OCC(CO)CO. The molecule has 2 aromatic carbocycles. The number of carbonyl (C=O) groups excluding carboxylic acids is 1. The van der Waals surface area contributed by atoms with E-state index in [2.05, 4.69) is 36.9 Å². The van der Waals surface area contributed by atoms with Crippen LogP contribution in [0.3, 0.4) is 0 Å². The number of aliphatic hydroxyl groups is 2. The van der Waals surface area contributed by atoms with Gasteiger partial charge >= 0.3 is 5.97 Å². The van der Waals surface area contributed by atoms with Crippen molar-refractivity contribution in [2.45, 2.75) is 51.4 Å². The summed E-state index contributed by atoms with van der Waals surface area (Å²) in [6, 6.07) is 14.8. The third-order valence-corrected chi connectivity index (χ3v) is 6.33. The van der Waals surface area contributed by atoms with Gasteiger partial charge in [-0.1, -0.05) is 56.2 Å². The molecule has 1 fully saturated rings. The lowest BCUT2D eigenvalue weighted by atomic mass is 9.83. The van der Waals surface area contributed by atoms with E-state index in [4.69, 9.17) is 9.47 Å². The van der Waals surface area contributed by atoms with Crippen LogP contribution in [0.2, 0.25) is 0 Å². The summed E-state index contributed by atoms with van der Waals surface area (Å²) in [5, 5.41) is 18.7. The molecule has 0 atom stereocenters. The summed E-state index contributed by atoms with van der Waals surface area (Å²) in [7, 11) is 0. The fourth-order valence-corrected chi connectivity index (χ4v) is 4.23. The summed E-state index contributed by atoms with van der Waals surface area (Å²) in [5.74, 6) is 0.586. The van der Waals surface area contributed by atoms with Crippen LogP contribution in [0.1, 0.15) is 56.1 Å². The van der Waals surface area contributed by atoms with Crippen molar-refractivity contribution in [1.82, 2.24) is 0 Å². The van der Waals surface area contributed by atoms with E-state index >= 15 is 0 Å². The Morgan fingerprint density at radius 1 is 1.03 bits per heavy atom. The molecule has 0 saturated heterocycles. The molecule has 0 heterocycles.